The molecule has 3 nitrogen and oxygen atoms in total. The van der Waals surface area contributed by atoms with Gasteiger partial charge in [-0.05, 0) is 23.6 Å². The third-order valence-electron chi connectivity index (χ3n) is 2.77. The van der Waals surface area contributed by atoms with E-state index in [0.29, 0.717) is 5.02 Å². The van der Waals surface area contributed by atoms with E-state index in [9.17, 15) is 4.79 Å². The summed E-state index contributed by atoms with van der Waals surface area (Å²) in [4.78, 5) is 13.2. The number of carbonyl (C=O) groups is 1. The van der Waals surface area contributed by atoms with Crippen LogP contribution < -0.4 is 4.90 Å². The van der Waals surface area contributed by atoms with Gasteiger partial charge in [0.1, 0.15) is 0 Å². The van der Waals surface area contributed by atoms with Crippen LogP contribution in [0.5, 0.6) is 0 Å². The van der Waals surface area contributed by atoms with Gasteiger partial charge in [-0.15, -0.1) is 0 Å². The van der Waals surface area contributed by atoms with Gasteiger partial charge >= 0.3 is 5.97 Å². The van der Waals surface area contributed by atoms with Gasteiger partial charge in [-0.3, -0.25) is 0 Å². The molecule has 0 saturated carbocycles. The molecule has 1 aliphatic heterocycles. The Morgan fingerprint density at radius 2 is 2.06 bits per heavy atom. The zero-order valence-corrected chi connectivity index (χ0v) is 10.1. The van der Waals surface area contributed by atoms with Crippen LogP contribution in [-0.2, 0) is 0 Å². The molecule has 0 radical (unpaired) electrons. The van der Waals surface area contributed by atoms with Crippen LogP contribution in [0, 0.1) is 5.41 Å². The van der Waals surface area contributed by atoms with E-state index in [2.05, 4.69) is 18.7 Å². The van der Waals surface area contributed by atoms with Crippen LogP contribution in [0.15, 0.2) is 18.2 Å². The Hall–Kier alpha value is -1.22. The molecule has 1 aromatic carbocycles. The Bertz CT molecular complexity index is 435. The van der Waals surface area contributed by atoms with Crippen molar-refractivity contribution in [3.8, 4) is 0 Å². The number of carboxylic acids is 1. The maximum Gasteiger partial charge on any atom is 0.337 e. The Balaban J connectivity index is 2.31. The number of carboxylic acid groups (broad SMARTS) is 1. The van der Waals surface area contributed by atoms with Crippen molar-refractivity contribution in [2.24, 2.45) is 5.41 Å². The number of hydrogen-bond acceptors (Lipinski definition) is 2. The van der Waals surface area contributed by atoms with E-state index in [4.69, 9.17) is 16.7 Å². The molecule has 0 amide bonds. The summed E-state index contributed by atoms with van der Waals surface area (Å²) in [5.74, 6) is -0.929. The van der Waals surface area contributed by atoms with Crippen LogP contribution in [0.3, 0.4) is 0 Å². The maximum atomic E-state index is 11.1. The minimum atomic E-state index is -0.929. The molecule has 0 aromatic heterocycles. The van der Waals surface area contributed by atoms with Gasteiger partial charge < -0.3 is 10.0 Å². The topological polar surface area (TPSA) is 40.5 Å². The lowest BCUT2D eigenvalue weighted by Gasteiger charge is -2.47. The van der Waals surface area contributed by atoms with Gasteiger partial charge in [0.15, 0.2) is 0 Å². The summed E-state index contributed by atoms with van der Waals surface area (Å²) in [5, 5.41) is 9.56. The standard InChI is InChI=1S/C12H14ClNO2/c1-12(2)6-14(7-12)10-4-3-8(13)5-9(10)11(15)16/h3-5H,6-7H2,1-2H3,(H,15,16). The van der Waals surface area contributed by atoms with Gasteiger partial charge in [-0.1, -0.05) is 25.4 Å². The van der Waals surface area contributed by atoms with Crippen LogP contribution in [0.4, 0.5) is 5.69 Å². The Labute approximate surface area is 99.6 Å². The van der Waals surface area contributed by atoms with Crippen molar-refractivity contribution in [1.82, 2.24) is 0 Å². The normalized spacial score (nSPS) is 18.1. The van der Waals surface area contributed by atoms with Crippen molar-refractivity contribution in [2.45, 2.75) is 13.8 Å². The van der Waals surface area contributed by atoms with Gasteiger partial charge in [0.05, 0.1) is 11.3 Å². The van der Waals surface area contributed by atoms with E-state index < -0.39 is 5.97 Å². The molecule has 1 fully saturated rings. The third-order valence-corrected chi connectivity index (χ3v) is 3.00. The second kappa shape index (κ2) is 3.67. The zero-order valence-electron chi connectivity index (χ0n) is 9.33. The lowest BCUT2D eigenvalue weighted by atomic mass is 9.83. The maximum absolute atomic E-state index is 11.1. The lowest BCUT2D eigenvalue weighted by Crippen LogP contribution is -2.53. The van der Waals surface area contributed by atoms with E-state index in [-0.39, 0.29) is 11.0 Å². The molecule has 1 aromatic rings. The van der Waals surface area contributed by atoms with Crippen molar-refractivity contribution >= 4 is 23.3 Å². The van der Waals surface area contributed by atoms with Crippen molar-refractivity contribution in [2.75, 3.05) is 18.0 Å². The minimum absolute atomic E-state index is 0.273. The summed E-state index contributed by atoms with van der Waals surface area (Å²) >= 11 is 5.80. The predicted molar refractivity (Wildman–Crippen MR) is 64.4 cm³/mol. The number of anilines is 1. The molecule has 2 rings (SSSR count). The highest BCUT2D eigenvalue weighted by Crippen LogP contribution is 2.36. The van der Waals surface area contributed by atoms with E-state index in [1.165, 1.54) is 6.07 Å². The van der Waals surface area contributed by atoms with E-state index in [0.717, 1.165) is 18.8 Å². The molecule has 4 heteroatoms. The zero-order chi connectivity index (χ0) is 11.9. The van der Waals surface area contributed by atoms with Gasteiger partial charge in [0, 0.05) is 18.1 Å². The highest BCUT2D eigenvalue weighted by molar-refractivity contribution is 6.31. The first kappa shape index (κ1) is 11.3. The molecule has 86 valence electrons. The number of halogens is 1. The number of nitrogens with zero attached hydrogens (tertiary/aromatic N) is 1. The molecule has 16 heavy (non-hydrogen) atoms. The molecule has 0 bridgehead atoms. The number of aromatic carboxylic acids is 1. The van der Waals surface area contributed by atoms with E-state index in [1.54, 1.807) is 12.1 Å². The van der Waals surface area contributed by atoms with E-state index in [1.807, 2.05) is 0 Å². The summed E-state index contributed by atoms with van der Waals surface area (Å²) < 4.78 is 0. The SMILES string of the molecule is CC1(C)CN(c2ccc(Cl)cc2C(=O)O)C1. The van der Waals surface area contributed by atoms with Gasteiger partial charge in [0.2, 0.25) is 0 Å². The first-order valence-corrected chi connectivity index (χ1v) is 5.55. The van der Waals surface area contributed by atoms with Crippen LogP contribution >= 0.6 is 11.6 Å². The smallest absolute Gasteiger partial charge is 0.337 e. The van der Waals surface area contributed by atoms with Crippen LogP contribution in [0.2, 0.25) is 5.02 Å². The van der Waals surface area contributed by atoms with Crippen molar-refractivity contribution in [3.05, 3.63) is 28.8 Å². The average Bonchev–Trinajstić information content (AvgIpc) is 2.14. The second-order valence-corrected chi connectivity index (χ2v) is 5.42. The predicted octanol–water partition coefficient (Wildman–Crippen LogP) is 2.88. The summed E-state index contributed by atoms with van der Waals surface area (Å²) in [5.41, 5.74) is 1.31. The highest BCUT2D eigenvalue weighted by Gasteiger charge is 2.35. The first-order chi connectivity index (χ1) is 7.39. The third kappa shape index (κ3) is 2.00. The van der Waals surface area contributed by atoms with Crippen LogP contribution in [0.25, 0.3) is 0 Å². The fourth-order valence-electron chi connectivity index (χ4n) is 2.11. The van der Waals surface area contributed by atoms with Crippen molar-refractivity contribution in [1.29, 1.82) is 0 Å². The summed E-state index contributed by atoms with van der Waals surface area (Å²) in [6.07, 6.45) is 0. The molecule has 1 saturated heterocycles. The lowest BCUT2D eigenvalue weighted by molar-refractivity contribution is 0.0696. The molecule has 1 heterocycles. The molecular weight excluding hydrogens is 226 g/mol. The Morgan fingerprint density at radius 1 is 1.44 bits per heavy atom. The minimum Gasteiger partial charge on any atom is -0.478 e. The second-order valence-electron chi connectivity index (χ2n) is 4.99. The van der Waals surface area contributed by atoms with Crippen molar-refractivity contribution in [3.63, 3.8) is 0 Å². The van der Waals surface area contributed by atoms with E-state index >= 15 is 0 Å². The number of benzene rings is 1. The fourth-order valence-corrected chi connectivity index (χ4v) is 2.28. The molecule has 0 aliphatic carbocycles. The number of rotatable bonds is 2. The molecule has 0 spiro atoms. The molecular formula is C12H14ClNO2. The summed E-state index contributed by atoms with van der Waals surface area (Å²) in [6, 6.07) is 5.01. The summed E-state index contributed by atoms with van der Waals surface area (Å²) in [6.45, 7) is 6.10. The summed E-state index contributed by atoms with van der Waals surface area (Å²) in [7, 11) is 0. The van der Waals surface area contributed by atoms with Gasteiger partial charge in [-0.2, -0.15) is 0 Å². The molecule has 0 atom stereocenters. The largest absolute Gasteiger partial charge is 0.478 e. The number of hydrogen-bond donors (Lipinski definition) is 1. The highest BCUT2D eigenvalue weighted by atomic mass is 35.5. The Morgan fingerprint density at radius 3 is 2.56 bits per heavy atom. The quantitative estimate of drug-likeness (QED) is 0.863. The average molecular weight is 240 g/mol. The molecule has 1 aliphatic rings. The van der Waals surface area contributed by atoms with Crippen LogP contribution in [0.1, 0.15) is 24.2 Å². The van der Waals surface area contributed by atoms with Gasteiger partial charge in [-0.25, -0.2) is 4.79 Å². The van der Waals surface area contributed by atoms with Crippen molar-refractivity contribution < 1.29 is 9.90 Å². The van der Waals surface area contributed by atoms with Crippen LogP contribution in [-0.4, -0.2) is 24.2 Å². The monoisotopic (exact) mass is 239 g/mol. The fraction of sp³-hybridized carbons (Fsp3) is 0.417. The Kier molecular flexibility index (Phi) is 2.58. The molecule has 1 N–H and O–H groups in total. The van der Waals surface area contributed by atoms with Gasteiger partial charge in [0.25, 0.3) is 0 Å². The molecule has 0 unspecified atom stereocenters. The first-order valence-electron chi connectivity index (χ1n) is 5.17.